The van der Waals surface area contributed by atoms with Gasteiger partial charge in [-0.05, 0) is 21.5 Å². The van der Waals surface area contributed by atoms with Crippen molar-refractivity contribution in [2.24, 2.45) is 0 Å². The standard InChI is InChI=1S/C20H22BrN3O3/c21-19-13-16-18(27-19)12-17(24(16)14-15-4-2-1-3-5-15)20(25)22-6-7-23-8-10-26-11-9-23/h1-5,12-13H,6-11,14H2,(H,22,25). The number of aromatic nitrogens is 1. The molecule has 1 aromatic carbocycles. The molecule has 7 heteroatoms. The van der Waals surface area contributed by atoms with E-state index >= 15 is 0 Å². The Morgan fingerprint density at radius 2 is 1.93 bits per heavy atom. The quantitative estimate of drug-likeness (QED) is 0.651. The first-order valence-corrected chi connectivity index (χ1v) is 9.91. The lowest BCUT2D eigenvalue weighted by molar-refractivity contribution is 0.0383. The molecule has 0 bridgehead atoms. The predicted octanol–water partition coefficient (Wildman–Crippen LogP) is 3.11. The summed E-state index contributed by atoms with van der Waals surface area (Å²) >= 11 is 3.37. The number of nitrogens with zero attached hydrogens (tertiary/aromatic N) is 2. The van der Waals surface area contributed by atoms with Crippen LogP contribution in [0.3, 0.4) is 0 Å². The van der Waals surface area contributed by atoms with Gasteiger partial charge in [0.05, 0.1) is 18.7 Å². The molecule has 4 rings (SSSR count). The molecule has 0 spiro atoms. The van der Waals surface area contributed by atoms with Gasteiger partial charge in [-0.2, -0.15) is 0 Å². The minimum absolute atomic E-state index is 0.0817. The fourth-order valence-corrected chi connectivity index (χ4v) is 3.77. The van der Waals surface area contributed by atoms with E-state index in [9.17, 15) is 4.79 Å². The minimum Gasteiger partial charge on any atom is -0.448 e. The summed E-state index contributed by atoms with van der Waals surface area (Å²) in [4.78, 5) is 15.1. The fraction of sp³-hybridized carbons (Fsp3) is 0.350. The Hall–Kier alpha value is -2.09. The third-order valence-corrected chi connectivity index (χ3v) is 5.18. The second-order valence-corrected chi connectivity index (χ2v) is 7.39. The predicted molar refractivity (Wildman–Crippen MR) is 107 cm³/mol. The van der Waals surface area contributed by atoms with E-state index in [1.54, 1.807) is 0 Å². The Kier molecular flexibility index (Phi) is 5.61. The number of rotatable bonds is 6. The fourth-order valence-electron chi connectivity index (χ4n) is 3.38. The third kappa shape index (κ3) is 4.26. The molecule has 2 aromatic heterocycles. The van der Waals surface area contributed by atoms with E-state index in [1.165, 1.54) is 0 Å². The lowest BCUT2D eigenvalue weighted by Gasteiger charge is -2.26. The van der Waals surface area contributed by atoms with Crippen molar-refractivity contribution in [3.05, 3.63) is 58.4 Å². The van der Waals surface area contributed by atoms with E-state index < -0.39 is 0 Å². The van der Waals surface area contributed by atoms with Crippen LogP contribution in [-0.2, 0) is 11.3 Å². The summed E-state index contributed by atoms with van der Waals surface area (Å²) in [7, 11) is 0. The smallest absolute Gasteiger partial charge is 0.268 e. The molecule has 1 saturated heterocycles. The van der Waals surface area contributed by atoms with Gasteiger partial charge in [-0.15, -0.1) is 0 Å². The summed E-state index contributed by atoms with van der Waals surface area (Å²) < 4.78 is 13.7. The molecule has 1 amide bonds. The number of furan rings is 1. The van der Waals surface area contributed by atoms with Crippen LogP contribution in [0, 0.1) is 0 Å². The van der Waals surface area contributed by atoms with Gasteiger partial charge in [0.1, 0.15) is 5.69 Å². The average Bonchev–Trinajstić information content (AvgIpc) is 3.20. The molecule has 0 aliphatic carbocycles. The number of hydrogen-bond donors (Lipinski definition) is 1. The summed E-state index contributed by atoms with van der Waals surface area (Å²) in [6.45, 7) is 5.42. The van der Waals surface area contributed by atoms with Crippen molar-refractivity contribution in [1.29, 1.82) is 0 Å². The Labute approximate surface area is 166 Å². The molecular formula is C20H22BrN3O3. The van der Waals surface area contributed by atoms with E-state index in [0.29, 0.717) is 29.0 Å². The van der Waals surface area contributed by atoms with Gasteiger partial charge in [0.25, 0.3) is 5.91 Å². The molecular weight excluding hydrogens is 410 g/mol. The van der Waals surface area contributed by atoms with Crippen molar-refractivity contribution in [2.75, 3.05) is 39.4 Å². The van der Waals surface area contributed by atoms with E-state index in [2.05, 4.69) is 38.3 Å². The first-order chi connectivity index (χ1) is 13.2. The highest BCUT2D eigenvalue weighted by Gasteiger charge is 2.19. The number of halogens is 1. The van der Waals surface area contributed by atoms with Gasteiger partial charge in [0, 0.05) is 44.9 Å². The highest BCUT2D eigenvalue weighted by Crippen LogP contribution is 2.27. The van der Waals surface area contributed by atoms with Gasteiger partial charge in [-0.25, -0.2) is 0 Å². The van der Waals surface area contributed by atoms with Crippen LogP contribution in [0.25, 0.3) is 11.1 Å². The Balaban J connectivity index is 1.50. The molecule has 1 aliphatic heterocycles. The number of carbonyl (C=O) groups is 1. The summed E-state index contributed by atoms with van der Waals surface area (Å²) in [6.07, 6.45) is 0. The van der Waals surface area contributed by atoms with Crippen LogP contribution in [0.5, 0.6) is 0 Å². The molecule has 3 heterocycles. The molecule has 0 unspecified atom stereocenters. The van der Waals surface area contributed by atoms with Crippen LogP contribution in [0.15, 0.2) is 51.6 Å². The summed E-state index contributed by atoms with van der Waals surface area (Å²) in [5, 5.41) is 3.04. The van der Waals surface area contributed by atoms with Crippen molar-refractivity contribution in [2.45, 2.75) is 6.54 Å². The summed E-state index contributed by atoms with van der Waals surface area (Å²) in [5.41, 5.74) is 3.36. The lowest BCUT2D eigenvalue weighted by Crippen LogP contribution is -2.41. The molecule has 142 valence electrons. The molecule has 0 saturated carbocycles. The first-order valence-electron chi connectivity index (χ1n) is 9.11. The number of ether oxygens (including phenoxy) is 1. The number of benzene rings is 1. The van der Waals surface area contributed by atoms with E-state index in [0.717, 1.165) is 43.9 Å². The third-order valence-electron chi connectivity index (χ3n) is 4.79. The highest BCUT2D eigenvalue weighted by molar-refractivity contribution is 9.10. The van der Waals surface area contributed by atoms with Crippen molar-refractivity contribution in [3.63, 3.8) is 0 Å². The minimum atomic E-state index is -0.0817. The van der Waals surface area contributed by atoms with Crippen LogP contribution in [0.4, 0.5) is 0 Å². The zero-order valence-electron chi connectivity index (χ0n) is 15.0. The maximum Gasteiger partial charge on any atom is 0.268 e. The zero-order chi connectivity index (χ0) is 18.6. The number of amides is 1. The molecule has 0 atom stereocenters. The molecule has 0 radical (unpaired) electrons. The van der Waals surface area contributed by atoms with Crippen molar-refractivity contribution in [3.8, 4) is 0 Å². The van der Waals surface area contributed by atoms with Gasteiger partial charge < -0.3 is 19.0 Å². The van der Waals surface area contributed by atoms with Crippen molar-refractivity contribution >= 4 is 32.9 Å². The summed E-state index contributed by atoms with van der Waals surface area (Å²) in [6, 6.07) is 13.8. The first kappa shape index (κ1) is 18.3. The van der Waals surface area contributed by atoms with Crippen molar-refractivity contribution in [1.82, 2.24) is 14.8 Å². The Morgan fingerprint density at radius 3 is 2.70 bits per heavy atom. The molecule has 3 aromatic rings. The van der Waals surface area contributed by atoms with Crippen LogP contribution in [0.1, 0.15) is 16.1 Å². The number of fused-ring (bicyclic) bond motifs is 1. The molecule has 1 fully saturated rings. The van der Waals surface area contributed by atoms with Gasteiger partial charge >= 0.3 is 0 Å². The summed E-state index contributed by atoms with van der Waals surface area (Å²) in [5.74, 6) is -0.0817. The van der Waals surface area contributed by atoms with E-state index in [-0.39, 0.29) is 5.91 Å². The number of morpholine rings is 1. The number of carbonyl (C=O) groups excluding carboxylic acids is 1. The average molecular weight is 432 g/mol. The molecule has 1 aliphatic rings. The maximum absolute atomic E-state index is 12.8. The maximum atomic E-state index is 12.8. The lowest BCUT2D eigenvalue weighted by atomic mass is 10.2. The van der Waals surface area contributed by atoms with Crippen LogP contribution in [-0.4, -0.2) is 54.8 Å². The van der Waals surface area contributed by atoms with Gasteiger partial charge in [0.15, 0.2) is 10.3 Å². The topological polar surface area (TPSA) is 59.6 Å². The van der Waals surface area contributed by atoms with Crippen molar-refractivity contribution < 1.29 is 13.9 Å². The van der Waals surface area contributed by atoms with E-state index in [4.69, 9.17) is 9.15 Å². The Morgan fingerprint density at radius 1 is 1.15 bits per heavy atom. The van der Waals surface area contributed by atoms with Crippen LogP contribution in [0.2, 0.25) is 0 Å². The van der Waals surface area contributed by atoms with Crippen LogP contribution < -0.4 is 5.32 Å². The number of nitrogens with one attached hydrogen (secondary N) is 1. The van der Waals surface area contributed by atoms with Gasteiger partial charge in [-0.1, -0.05) is 30.3 Å². The van der Waals surface area contributed by atoms with Gasteiger partial charge in [-0.3, -0.25) is 9.69 Å². The molecule has 6 nitrogen and oxygen atoms in total. The molecule has 1 N–H and O–H groups in total. The zero-order valence-corrected chi connectivity index (χ0v) is 16.6. The van der Waals surface area contributed by atoms with Gasteiger partial charge in [0.2, 0.25) is 0 Å². The normalized spacial score (nSPS) is 15.3. The SMILES string of the molecule is O=C(NCCN1CCOCC1)c1cc2oc(Br)cc2n1Cc1ccccc1. The second-order valence-electron chi connectivity index (χ2n) is 6.61. The largest absolute Gasteiger partial charge is 0.448 e. The Bertz CT molecular complexity index is 913. The monoisotopic (exact) mass is 431 g/mol. The molecule has 27 heavy (non-hydrogen) atoms. The second kappa shape index (κ2) is 8.29. The van der Waals surface area contributed by atoms with Crippen LogP contribution >= 0.6 is 15.9 Å². The van der Waals surface area contributed by atoms with E-state index in [1.807, 2.05) is 34.9 Å². The number of hydrogen-bond acceptors (Lipinski definition) is 4. The highest BCUT2D eigenvalue weighted by atomic mass is 79.9.